The van der Waals surface area contributed by atoms with Crippen molar-refractivity contribution in [3.8, 4) is 0 Å². The van der Waals surface area contributed by atoms with Crippen LogP contribution in [0.15, 0.2) is 0 Å². The van der Waals surface area contributed by atoms with E-state index in [0.29, 0.717) is 0 Å². The first-order valence-electron chi connectivity index (χ1n) is 4.16. The highest BCUT2D eigenvalue weighted by atomic mass is 35.5. The van der Waals surface area contributed by atoms with Crippen LogP contribution >= 0.6 is 11.8 Å². The van der Waals surface area contributed by atoms with Gasteiger partial charge in [-0.2, -0.15) is 0 Å². The summed E-state index contributed by atoms with van der Waals surface area (Å²) in [5, 5.41) is 35.9. The molecule has 0 aromatic rings. The lowest BCUT2D eigenvalue weighted by Gasteiger charge is -2.25. The van der Waals surface area contributed by atoms with Crippen LogP contribution < -0.4 is 4.84 Å². The van der Waals surface area contributed by atoms with Gasteiger partial charge in [0.15, 0.2) is 6.29 Å². The third-order valence-corrected chi connectivity index (χ3v) is 1.99. The lowest BCUT2D eigenvalue weighted by atomic mass is 10.2. The second-order valence-corrected chi connectivity index (χ2v) is 3.10. The first-order chi connectivity index (χ1) is 6.56. The summed E-state index contributed by atoms with van der Waals surface area (Å²) in [6.45, 7) is 0.549. The van der Waals surface area contributed by atoms with Gasteiger partial charge in [0.2, 0.25) is 0 Å². The Morgan fingerprint density at radius 1 is 1.29 bits per heavy atom. The molecule has 0 heterocycles. The number of ether oxygens (including phenoxy) is 1. The van der Waals surface area contributed by atoms with Gasteiger partial charge < -0.3 is 25.2 Å². The Bertz CT molecular complexity index is 144. The molecule has 0 saturated carbocycles. The maximum absolute atomic E-state index is 9.31. The number of halogens is 1. The number of aliphatic hydroxyl groups is 4. The number of aliphatic hydroxyl groups excluding tert-OH is 4. The van der Waals surface area contributed by atoms with Crippen LogP contribution in [0.3, 0.4) is 0 Å². The molecule has 14 heavy (non-hydrogen) atoms. The standard InChI is InChI=1S/C7H16ClNO5/c1-4(12)6(3-11)14-7(13)5(2-10)9-8/h4-7,9-13H,2-3H2,1H3/t4-,5?,6?,7?/m0/s1. The van der Waals surface area contributed by atoms with Gasteiger partial charge in [-0.1, -0.05) is 0 Å². The van der Waals surface area contributed by atoms with Crippen LogP contribution in [0.2, 0.25) is 0 Å². The first kappa shape index (κ1) is 14.1. The Morgan fingerprint density at radius 2 is 1.86 bits per heavy atom. The van der Waals surface area contributed by atoms with Gasteiger partial charge in [-0.15, -0.1) is 0 Å². The zero-order chi connectivity index (χ0) is 11.1. The summed E-state index contributed by atoms with van der Waals surface area (Å²) in [4.78, 5) is 2.10. The van der Waals surface area contributed by atoms with Gasteiger partial charge >= 0.3 is 0 Å². The van der Waals surface area contributed by atoms with Crippen molar-refractivity contribution in [3.05, 3.63) is 0 Å². The molecule has 86 valence electrons. The SMILES string of the molecule is C[C@H](O)C(CO)OC(O)C(CO)NCl. The second kappa shape index (κ2) is 7.36. The smallest absolute Gasteiger partial charge is 0.174 e. The quantitative estimate of drug-likeness (QED) is 0.260. The molecule has 0 saturated heterocycles. The third kappa shape index (κ3) is 4.52. The number of hydrogen-bond acceptors (Lipinski definition) is 6. The van der Waals surface area contributed by atoms with Gasteiger partial charge in [-0.25, -0.2) is 4.84 Å². The maximum Gasteiger partial charge on any atom is 0.174 e. The second-order valence-electron chi connectivity index (χ2n) is 2.89. The average Bonchev–Trinajstić information content (AvgIpc) is 2.15. The molecule has 4 atom stereocenters. The van der Waals surface area contributed by atoms with E-state index in [1.165, 1.54) is 6.92 Å². The topological polar surface area (TPSA) is 102 Å². The van der Waals surface area contributed by atoms with E-state index in [1.54, 1.807) is 0 Å². The fourth-order valence-electron chi connectivity index (χ4n) is 0.762. The molecular weight excluding hydrogens is 214 g/mol. The first-order valence-corrected chi connectivity index (χ1v) is 4.54. The fraction of sp³-hybridized carbons (Fsp3) is 1.00. The zero-order valence-corrected chi connectivity index (χ0v) is 8.55. The average molecular weight is 230 g/mol. The van der Waals surface area contributed by atoms with Gasteiger partial charge in [-0.3, -0.25) is 0 Å². The van der Waals surface area contributed by atoms with Crippen LogP contribution in [-0.4, -0.2) is 58.2 Å². The van der Waals surface area contributed by atoms with E-state index < -0.39 is 37.8 Å². The molecule has 0 bridgehead atoms. The molecule has 0 amide bonds. The van der Waals surface area contributed by atoms with E-state index in [9.17, 15) is 5.11 Å². The minimum atomic E-state index is -1.40. The van der Waals surface area contributed by atoms with E-state index >= 15 is 0 Å². The van der Waals surface area contributed by atoms with Gasteiger partial charge in [0.25, 0.3) is 0 Å². The van der Waals surface area contributed by atoms with Crippen molar-refractivity contribution in [1.82, 2.24) is 4.84 Å². The molecule has 6 nitrogen and oxygen atoms in total. The lowest BCUT2D eigenvalue weighted by molar-refractivity contribution is -0.187. The fourth-order valence-corrected chi connectivity index (χ4v) is 0.939. The highest BCUT2D eigenvalue weighted by Crippen LogP contribution is 2.05. The van der Waals surface area contributed by atoms with Gasteiger partial charge in [0.05, 0.1) is 25.4 Å². The van der Waals surface area contributed by atoms with Crippen molar-refractivity contribution in [3.63, 3.8) is 0 Å². The highest BCUT2D eigenvalue weighted by Gasteiger charge is 2.24. The summed E-state index contributed by atoms with van der Waals surface area (Å²) >= 11 is 5.19. The number of nitrogens with one attached hydrogen (secondary N) is 1. The number of hydrogen-bond donors (Lipinski definition) is 5. The van der Waals surface area contributed by atoms with Crippen molar-refractivity contribution in [1.29, 1.82) is 0 Å². The van der Waals surface area contributed by atoms with Crippen LogP contribution in [0, 0.1) is 0 Å². The van der Waals surface area contributed by atoms with Gasteiger partial charge in [0.1, 0.15) is 6.10 Å². The predicted octanol–water partition coefficient (Wildman–Crippen LogP) is -1.83. The Hall–Kier alpha value is 0.0500. The molecule has 7 heteroatoms. The molecule has 0 aromatic carbocycles. The summed E-state index contributed by atoms with van der Waals surface area (Å²) in [6, 6.07) is -0.871. The van der Waals surface area contributed by atoms with Crippen molar-refractivity contribution < 1.29 is 25.2 Å². The zero-order valence-electron chi connectivity index (χ0n) is 7.80. The molecule has 0 fully saturated rings. The maximum atomic E-state index is 9.31. The minimum absolute atomic E-state index is 0.428. The molecule has 0 aromatic heterocycles. The molecule has 0 aliphatic heterocycles. The highest BCUT2D eigenvalue weighted by molar-refractivity contribution is 6.13. The molecule has 0 spiro atoms. The van der Waals surface area contributed by atoms with Gasteiger partial charge in [0, 0.05) is 0 Å². The Kier molecular flexibility index (Phi) is 7.38. The third-order valence-electron chi connectivity index (χ3n) is 1.71. The van der Waals surface area contributed by atoms with Crippen molar-refractivity contribution in [2.75, 3.05) is 13.2 Å². The van der Waals surface area contributed by atoms with E-state index in [0.717, 1.165) is 0 Å². The van der Waals surface area contributed by atoms with Crippen LogP contribution in [0.1, 0.15) is 6.92 Å². The summed E-state index contributed by atoms with van der Waals surface area (Å²) in [5.41, 5.74) is 0. The molecule has 0 aliphatic carbocycles. The van der Waals surface area contributed by atoms with Crippen LogP contribution in [0.4, 0.5) is 0 Å². The van der Waals surface area contributed by atoms with Crippen molar-refractivity contribution >= 4 is 11.8 Å². The summed E-state index contributed by atoms with van der Waals surface area (Å²) in [7, 11) is 0. The van der Waals surface area contributed by atoms with E-state index in [1.807, 2.05) is 0 Å². The monoisotopic (exact) mass is 229 g/mol. The Balaban J connectivity index is 4.06. The summed E-state index contributed by atoms with van der Waals surface area (Å²) in [5.74, 6) is 0. The van der Waals surface area contributed by atoms with E-state index in [4.69, 9.17) is 31.8 Å². The van der Waals surface area contributed by atoms with E-state index in [2.05, 4.69) is 4.84 Å². The van der Waals surface area contributed by atoms with Gasteiger partial charge in [-0.05, 0) is 18.7 Å². The van der Waals surface area contributed by atoms with Crippen LogP contribution in [0.5, 0.6) is 0 Å². The normalized spacial score (nSPS) is 20.1. The van der Waals surface area contributed by atoms with Crippen LogP contribution in [0.25, 0.3) is 0 Å². The molecular formula is C7H16ClNO5. The molecule has 0 rings (SSSR count). The molecule has 0 radical (unpaired) electrons. The van der Waals surface area contributed by atoms with Crippen molar-refractivity contribution in [2.24, 2.45) is 0 Å². The van der Waals surface area contributed by atoms with Crippen LogP contribution in [-0.2, 0) is 4.74 Å². The number of rotatable bonds is 7. The molecule has 3 unspecified atom stereocenters. The minimum Gasteiger partial charge on any atom is -0.394 e. The summed E-state index contributed by atoms with van der Waals surface area (Å²) < 4.78 is 4.85. The van der Waals surface area contributed by atoms with Crippen molar-refractivity contribution in [2.45, 2.75) is 31.5 Å². The lowest BCUT2D eigenvalue weighted by Crippen LogP contribution is -2.44. The largest absolute Gasteiger partial charge is 0.394 e. The Morgan fingerprint density at radius 3 is 2.14 bits per heavy atom. The Labute approximate surface area is 87.2 Å². The predicted molar refractivity (Wildman–Crippen MR) is 49.5 cm³/mol. The summed E-state index contributed by atoms with van der Waals surface area (Å²) in [6.07, 6.45) is -3.24. The molecule has 0 aliphatic rings. The van der Waals surface area contributed by atoms with E-state index in [-0.39, 0.29) is 0 Å². The molecule has 5 N–H and O–H groups in total.